The molecule has 0 unspecified atom stereocenters. The van der Waals surface area contributed by atoms with Crippen molar-refractivity contribution in [2.24, 2.45) is 0 Å². The molecule has 8 heteroatoms. The lowest BCUT2D eigenvalue weighted by molar-refractivity contribution is 0.0388. The van der Waals surface area contributed by atoms with Gasteiger partial charge < -0.3 is 9.64 Å². The first-order chi connectivity index (χ1) is 11.3. The molecule has 3 heterocycles. The fourth-order valence-electron chi connectivity index (χ4n) is 2.62. The smallest absolute Gasteiger partial charge is 0.250 e. The Kier molecular flexibility index (Phi) is 3.76. The average molecular weight is 328 g/mol. The number of hydrogen-bond acceptors (Lipinski definition) is 7. The molecule has 0 radical (unpaired) electrons. The summed E-state index contributed by atoms with van der Waals surface area (Å²) in [6.07, 6.45) is -0.0385. The van der Waals surface area contributed by atoms with E-state index in [1.165, 1.54) is 0 Å². The van der Waals surface area contributed by atoms with E-state index in [1.54, 1.807) is 16.0 Å². The first kappa shape index (κ1) is 14.3. The first-order valence-corrected chi connectivity index (χ1v) is 8.31. The number of anilines is 1. The maximum Gasteiger partial charge on any atom is 0.250 e. The maximum absolute atomic E-state index is 5.88. The van der Waals surface area contributed by atoms with Crippen LogP contribution in [-0.4, -0.2) is 44.9 Å². The molecule has 1 aromatic carbocycles. The zero-order valence-electron chi connectivity index (χ0n) is 12.7. The molecule has 3 aromatic rings. The lowest BCUT2D eigenvalue weighted by Gasteiger charge is -2.32. The van der Waals surface area contributed by atoms with E-state index in [1.807, 2.05) is 42.6 Å². The van der Waals surface area contributed by atoms with Crippen molar-refractivity contribution in [3.05, 3.63) is 46.4 Å². The number of para-hydroxylation sites is 1. The van der Waals surface area contributed by atoms with E-state index in [2.05, 4.69) is 25.4 Å². The van der Waals surface area contributed by atoms with Crippen molar-refractivity contribution < 1.29 is 4.74 Å². The Balaban J connectivity index is 1.60. The number of nitrogens with zero attached hydrogens (tertiary/aromatic N) is 6. The minimum atomic E-state index is -0.0385. The van der Waals surface area contributed by atoms with Crippen molar-refractivity contribution in [2.45, 2.75) is 13.0 Å². The van der Waals surface area contributed by atoms with E-state index in [0.717, 1.165) is 28.9 Å². The van der Waals surface area contributed by atoms with Crippen LogP contribution in [0, 0.1) is 6.92 Å². The maximum atomic E-state index is 5.88. The molecule has 118 valence electrons. The Morgan fingerprint density at radius 1 is 1.26 bits per heavy atom. The largest absolute Gasteiger partial charge is 0.367 e. The summed E-state index contributed by atoms with van der Waals surface area (Å²) in [6.45, 7) is 4.08. The Bertz CT molecular complexity index is 786. The van der Waals surface area contributed by atoms with Gasteiger partial charge in [-0.1, -0.05) is 23.3 Å². The Morgan fingerprint density at radius 3 is 2.91 bits per heavy atom. The minimum absolute atomic E-state index is 0.0385. The predicted molar refractivity (Wildman–Crippen MR) is 86.9 cm³/mol. The number of aryl methyl sites for hydroxylation is 1. The summed E-state index contributed by atoms with van der Waals surface area (Å²) < 4.78 is 7.64. The highest BCUT2D eigenvalue weighted by Crippen LogP contribution is 2.27. The van der Waals surface area contributed by atoms with Gasteiger partial charge in [0.1, 0.15) is 11.1 Å². The molecule has 7 nitrogen and oxygen atoms in total. The molecule has 1 saturated heterocycles. The predicted octanol–water partition coefficient (Wildman–Crippen LogP) is 2.01. The van der Waals surface area contributed by atoms with Crippen molar-refractivity contribution in [1.82, 2.24) is 25.2 Å². The van der Waals surface area contributed by atoms with Gasteiger partial charge in [-0.15, -0.1) is 11.3 Å². The first-order valence-electron chi connectivity index (χ1n) is 7.43. The normalized spacial score (nSPS) is 18.3. The Labute approximate surface area is 137 Å². The van der Waals surface area contributed by atoms with Crippen LogP contribution >= 0.6 is 11.3 Å². The number of thiazole rings is 1. The van der Waals surface area contributed by atoms with Crippen LogP contribution in [0.15, 0.2) is 35.7 Å². The highest BCUT2D eigenvalue weighted by molar-refractivity contribution is 7.09. The van der Waals surface area contributed by atoms with Crippen LogP contribution in [0.1, 0.15) is 16.8 Å². The monoisotopic (exact) mass is 328 g/mol. The van der Waals surface area contributed by atoms with Gasteiger partial charge in [-0.2, -0.15) is 4.68 Å². The molecule has 0 spiro atoms. The van der Waals surface area contributed by atoms with Crippen LogP contribution in [0.4, 0.5) is 5.95 Å². The molecule has 0 bridgehead atoms. The van der Waals surface area contributed by atoms with Gasteiger partial charge in [-0.25, -0.2) is 4.98 Å². The number of rotatable bonds is 3. The molecule has 1 aliphatic rings. The van der Waals surface area contributed by atoms with Crippen LogP contribution < -0.4 is 4.90 Å². The van der Waals surface area contributed by atoms with Crippen molar-refractivity contribution in [3.8, 4) is 5.69 Å². The summed E-state index contributed by atoms with van der Waals surface area (Å²) in [5.41, 5.74) is 1.97. The second-order valence-corrected chi connectivity index (χ2v) is 6.25. The zero-order chi connectivity index (χ0) is 15.6. The molecule has 23 heavy (non-hydrogen) atoms. The SMILES string of the molecule is Cc1csc([C@H]2CN(c3nnnn3-c3ccccc3)CCO2)n1. The number of morpholine rings is 1. The second kappa shape index (κ2) is 6.05. The number of hydrogen-bond donors (Lipinski definition) is 0. The van der Waals surface area contributed by atoms with Gasteiger partial charge in [0.15, 0.2) is 0 Å². The van der Waals surface area contributed by atoms with Crippen molar-refractivity contribution in [2.75, 3.05) is 24.6 Å². The molecule has 1 atom stereocenters. The molecule has 0 amide bonds. The summed E-state index contributed by atoms with van der Waals surface area (Å²) in [5.74, 6) is 0.734. The van der Waals surface area contributed by atoms with E-state index in [9.17, 15) is 0 Å². The van der Waals surface area contributed by atoms with Gasteiger partial charge in [0, 0.05) is 17.6 Å². The summed E-state index contributed by atoms with van der Waals surface area (Å²) in [4.78, 5) is 6.69. The summed E-state index contributed by atoms with van der Waals surface area (Å²) in [7, 11) is 0. The van der Waals surface area contributed by atoms with Gasteiger partial charge in [0.25, 0.3) is 5.95 Å². The van der Waals surface area contributed by atoms with Crippen LogP contribution in [-0.2, 0) is 4.74 Å². The fourth-order valence-corrected chi connectivity index (χ4v) is 3.45. The zero-order valence-corrected chi connectivity index (χ0v) is 13.5. The lowest BCUT2D eigenvalue weighted by atomic mass is 10.3. The van der Waals surface area contributed by atoms with Crippen molar-refractivity contribution in [3.63, 3.8) is 0 Å². The van der Waals surface area contributed by atoms with Crippen LogP contribution in [0.25, 0.3) is 5.69 Å². The highest BCUT2D eigenvalue weighted by Gasteiger charge is 2.27. The minimum Gasteiger partial charge on any atom is -0.367 e. The number of tetrazole rings is 1. The van der Waals surface area contributed by atoms with E-state index < -0.39 is 0 Å². The number of benzene rings is 1. The third kappa shape index (κ3) is 2.82. The molecular weight excluding hydrogens is 312 g/mol. The van der Waals surface area contributed by atoms with Gasteiger partial charge in [0.05, 0.1) is 18.8 Å². The van der Waals surface area contributed by atoms with Crippen molar-refractivity contribution >= 4 is 17.3 Å². The fraction of sp³-hybridized carbons (Fsp3) is 0.333. The number of aromatic nitrogens is 5. The summed E-state index contributed by atoms with van der Waals surface area (Å²) in [5, 5.41) is 15.2. The third-order valence-electron chi connectivity index (χ3n) is 3.72. The van der Waals surface area contributed by atoms with Crippen LogP contribution in [0.5, 0.6) is 0 Å². The van der Waals surface area contributed by atoms with E-state index >= 15 is 0 Å². The standard InChI is InChI=1S/C15H16N6OS/c1-11-10-23-14(16-11)13-9-20(7-8-22-13)15-17-18-19-21(15)12-5-3-2-4-6-12/h2-6,10,13H,7-9H2,1H3/t13-/m1/s1. The molecule has 0 saturated carbocycles. The molecule has 2 aromatic heterocycles. The average Bonchev–Trinajstić information content (AvgIpc) is 3.25. The lowest BCUT2D eigenvalue weighted by Crippen LogP contribution is -2.39. The molecule has 4 rings (SSSR count). The van der Waals surface area contributed by atoms with Gasteiger partial charge in [0.2, 0.25) is 0 Å². The Hall–Kier alpha value is -2.32. The van der Waals surface area contributed by atoms with Crippen LogP contribution in [0.3, 0.4) is 0 Å². The Morgan fingerprint density at radius 2 is 2.13 bits per heavy atom. The quantitative estimate of drug-likeness (QED) is 0.732. The topological polar surface area (TPSA) is 69.0 Å². The molecule has 1 aliphatic heterocycles. The van der Waals surface area contributed by atoms with E-state index in [0.29, 0.717) is 13.2 Å². The summed E-state index contributed by atoms with van der Waals surface area (Å²) >= 11 is 1.63. The van der Waals surface area contributed by atoms with Gasteiger partial charge in [-0.05, 0) is 29.5 Å². The van der Waals surface area contributed by atoms with Gasteiger partial charge in [-0.3, -0.25) is 0 Å². The number of ether oxygens (including phenoxy) is 1. The second-order valence-electron chi connectivity index (χ2n) is 5.36. The van der Waals surface area contributed by atoms with E-state index in [-0.39, 0.29) is 6.10 Å². The summed E-state index contributed by atoms with van der Waals surface area (Å²) in [6, 6.07) is 9.90. The molecular formula is C15H16N6OS. The molecule has 1 fully saturated rings. The van der Waals surface area contributed by atoms with E-state index in [4.69, 9.17) is 4.74 Å². The third-order valence-corrected chi connectivity index (χ3v) is 4.77. The van der Waals surface area contributed by atoms with Crippen LogP contribution in [0.2, 0.25) is 0 Å². The van der Waals surface area contributed by atoms with Crippen molar-refractivity contribution in [1.29, 1.82) is 0 Å². The molecule has 0 aliphatic carbocycles. The molecule has 0 N–H and O–H groups in total. The highest BCUT2D eigenvalue weighted by atomic mass is 32.1. The van der Waals surface area contributed by atoms with Gasteiger partial charge >= 0.3 is 0 Å².